The summed E-state index contributed by atoms with van der Waals surface area (Å²) in [5, 5.41) is 2.78. The molecule has 0 aliphatic carbocycles. The summed E-state index contributed by atoms with van der Waals surface area (Å²) in [5.74, 6) is -5.54. The molecule has 0 fully saturated rings. The number of nitrogen functional groups attached to an aromatic ring is 1. The molecule has 20 heavy (non-hydrogen) atoms. The third-order valence-corrected chi connectivity index (χ3v) is 2.09. The van der Waals surface area contributed by atoms with Crippen LogP contribution in [0, 0.1) is 0 Å². The molecule has 1 aromatic heterocycles. The van der Waals surface area contributed by atoms with Gasteiger partial charge in [0.1, 0.15) is 5.82 Å². The Balaban J connectivity index is 2.75. The van der Waals surface area contributed by atoms with Gasteiger partial charge in [-0.1, -0.05) is 6.92 Å². The van der Waals surface area contributed by atoms with Gasteiger partial charge in [0.25, 0.3) is 0 Å². The van der Waals surface area contributed by atoms with Crippen molar-refractivity contribution in [1.82, 2.24) is 9.97 Å². The molecule has 0 radical (unpaired) electrons. The molecule has 0 saturated heterocycles. The van der Waals surface area contributed by atoms with Crippen molar-refractivity contribution in [3.05, 3.63) is 6.07 Å². The maximum absolute atomic E-state index is 12.7. The molecule has 114 valence electrons. The van der Waals surface area contributed by atoms with Crippen LogP contribution < -0.4 is 15.8 Å². The minimum Gasteiger partial charge on any atom is -0.471 e. The molecular weight excluding hydrogens is 287 g/mol. The van der Waals surface area contributed by atoms with Crippen molar-refractivity contribution < 1.29 is 26.7 Å². The van der Waals surface area contributed by atoms with E-state index in [1.807, 2.05) is 6.92 Å². The van der Waals surface area contributed by atoms with Crippen LogP contribution in [-0.2, 0) is 0 Å². The molecule has 0 saturated carbocycles. The number of ether oxygens (including phenoxy) is 1. The van der Waals surface area contributed by atoms with Gasteiger partial charge in [-0.25, -0.2) is 0 Å². The Morgan fingerprint density at radius 1 is 1.25 bits per heavy atom. The Labute approximate surface area is 111 Å². The minimum atomic E-state index is -5.69. The number of nitrogens with two attached hydrogens (primary N) is 1. The Morgan fingerprint density at radius 2 is 1.90 bits per heavy atom. The maximum atomic E-state index is 12.7. The van der Waals surface area contributed by atoms with Gasteiger partial charge in [-0.2, -0.15) is 31.9 Å². The number of anilines is 2. The zero-order valence-corrected chi connectivity index (χ0v) is 10.5. The zero-order chi connectivity index (χ0) is 15.4. The molecule has 1 heterocycles. The molecule has 0 bridgehead atoms. The number of hydrogen-bond donors (Lipinski definition) is 2. The molecule has 0 atom stereocenters. The van der Waals surface area contributed by atoms with Gasteiger partial charge >= 0.3 is 12.1 Å². The van der Waals surface area contributed by atoms with Gasteiger partial charge in [0.2, 0.25) is 11.8 Å². The summed E-state index contributed by atoms with van der Waals surface area (Å²) in [6, 6.07) is 1.10. The number of hydrogen-bond acceptors (Lipinski definition) is 5. The summed E-state index contributed by atoms with van der Waals surface area (Å²) < 4.78 is 65.6. The second-order valence-corrected chi connectivity index (χ2v) is 3.87. The third-order valence-electron chi connectivity index (χ3n) is 2.09. The summed E-state index contributed by atoms with van der Waals surface area (Å²) in [6.07, 6.45) is -4.93. The molecule has 1 rings (SSSR count). The number of alkyl halides is 5. The van der Waals surface area contributed by atoms with E-state index in [0.717, 1.165) is 12.5 Å². The molecule has 5 nitrogen and oxygen atoms in total. The van der Waals surface area contributed by atoms with Gasteiger partial charge in [-0.3, -0.25) is 0 Å². The summed E-state index contributed by atoms with van der Waals surface area (Å²) in [6.45, 7) is 0.521. The Hall–Kier alpha value is -1.87. The van der Waals surface area contributed by atoms with Crippen molar-refractivity contribution in [3.63, 3.8) is 0 Å². The largest absolute Gasteiger partial charge is 0.471 e. The molecular formula is C10H13F5N4O. The molecule has 0 aliphatic heterocycles. The molecule has 0 aromatic carbocycles. The van der Waals surface area contributed by atoms with Gasteiger partial charge in [0.05, 0.1) is 0 Å². The predicted octanol–water partition coefficient (Wildman–Crippen LogP) is 2.46. The number of rotatable bonds is 6. The van der Waals surface area contributed by atoms with Crippen molar-refractivity contribution >= 4 is 11.8 Å². The van der Waals surface area contributed by atoms with Crippen molar-refractivity contribution in [2.75, 3.05) is 24.2 Å². The standard InChI is InChI=1S/C10H13F5N4O/c1-2-3-17-6-4-7(19-8(16)18-6)20-5-9(11,12)10(13,14)15/h4H,2-3,5H2,1H3,(H3,16,17,18,19). The fourth-order valence-electron chi connectivity index (χ4n) is 1.11. The zero-order valence-electron chi connectivity index (χ0n) is 10.5. The lowest BCUT2D eigenvalue weighted by Gasteiger charge is -2.19. The van der Waals surface area contributed by atoms with Crippen LogP contribution in [0.4, 0.5) is 33.7 Å². The minimum absolute atomic E-state index is 0.185. The Kier molecular flexibility index (Phi) is 4.90. The van der Waals surface area contributed by atoms with Crippen LogP contribution in [0.1, 0.15) is 13.3 Å². The van der Waals surface area contributed by atoms with Crippen LogP contribution in [0.3, 0.4) is 0 Å². The van der Waals surface area contributed by atoms with E-state index in [2.05, 4.69) is 20.0 Å². The van der Waals surface area contributed by atoms with E-state index < -0.39 is 24.6 Å². The van der Waals surface area contributed by atoms with Crippen molar-refractivity contribution in [2.45, 2.75) is 25.4 Å². The highest BCUT2D eigenvalue weighted by Gasteiger charge is 2.58. The van der Waals surface area contributed by atoms with Gasteiger partial charge in [0, 0.05) is 12.6 Å². The predicted molar refractivity (Wildman–Crippen MR) is 61.7 cm³/mol. The number of halogens is 5. The lowest BCUT2D eigenvalue weighted by atomic mass is 10.3. The van der Waals surface area contributed by atoms with Crippen LogP contribution in [-0.4, -0.2) is 35.2 Å². The SMILES string of the molecule is CCCNc1cc(OCC(F)(F)C(F)(F)F)nc(N)n1. The van der Waals surface area contributed by atoms with Crippen LogP contribution >= 0.6 is 0 Å². The summed E-state index contributed by atoms with van der Waals surface area (Å²) >= 11 is 0. The van der Waals surface area contributed by atoms with Crippen LogP contribution in [0.5, 0.6) is 5.88 Å². The van der Waals surface area contributed by atoms with Crippen molar-refractivity contribution in [3.8, 4) is 5.88 Å². The Morgan fingerprint density at radius 3 is 2.45 bits per heavy atom. The molecule has 10 heteroatoms. The first-order valence-corrected chi connectivity index (χ1v) is 5.61. The summed E-state index contributed by atoms with van der Waals surface area (Å²) in [5.41, 5.74) is 5.30. The molecule has 0 spiro atoms. The first-order valence-electron chi connectivity index (χ1n) is 5.61. The van der Waals surface area contributed by atoms with Crippen LogP contribution in [0.25, 0.3) is 0 Å². The number of nitrogens with zero attached hydrogens (tertiary/aromatic N) is 2. The average Bonchev–Trinajstić information content (AvgIpc) is 2.32. The average molecular weight is 300 g/mol. The molecule has 0 aliphatic rings. The molecule has 3 N–H and O–H groups in total. The van der Waals surface area contributed by atoms with Crippen molar-refractivity contribution in [1.29, 1.82) is 0 Å². The smallest absolute Gasteiger partial charge is 0.456 e. The molecule has 0 unspecified atom stereocenters. The maximum Gasteiger partial charge on any atom is 0.456 e. The second-order valence-electron chi connectivity index (χ2n) is 3.87. The fraction of sp³-hybridized carbons (Fsp3) is 0.600. The Bertz CT molecular complexity index is 452. The van der Waals surface area contributed by atoms with E-state index in [1.54, 1.807) is 0 Å². The van der Waals surface area contributed by atoms with Gasteiger partial charge in [-0.15, -0.1) is 0 Å². The monoisotopic (exact) mass is 300 g/mol. The number of aromatic nitrogens is 2. The quantitative estimate of drug-likeness (QED) is 0.790. The summed E-state index contributed by atoms with van der Waals surface area (Å²) in [7, 11) is 0. The highest BCUT2D eigenvalue weighted by atomic mass is 19.4. The van der Waals surface area contributed by atoms with Gasteiger partial charge in [0.15, 0.2) is 6.61 Å². The lowest BCUT2D eigenvalue weighted by molar-refractivity contribution is -0.290. The van der Waals surface area contributed by atoms with E-state index >= 15 is 0 Å². The van der Waals surface area contributed by atoms with E-state index in [-0.39, 0.29) is 11.8 Å². The first kappa shape index (κ1) is 16.2. The molecule has 0 amide bonds. The third kappa shape index (κ3) is 4.35. The lowest BCUT2D eigenvalue weighted by Crippen LogP contribution is -2.41. The van der Waals surface area contributed by atoms with E-state index in [1.165, 1.54) is 0 Å². The van der Waals surface area contributed by atoms with Gasteiger partial charge in [-0.05, 0) is 6.42 Å². The highest BCUT2D eigenvalue weighted by molar-refractivity contribution is 5.42. The highest BCUT2D eigenvalue weighted by Crippen LogP contribution is 2.35. The van der Waals surface area contributed by atoms with E-state index in [0.29, 0.717) is 6.54 Å². The second kappa shape index (κ2) is 6.06. The topological polar surface area (TPSA) is 73.1 Å². The first-order chi connectivity index (χ1) is 9.15. The summed E-state index contributed by atoms with van der Waals surface area (Å²) in [4.78, 5) is 7.16. The van der Waals surface area contributed by atoms with Crippen LogP contribution in [0.2, 0.25) is 0 Å². The molecule has 1 aromatic rings. The fourth-order valence-corrected chi connectivity index (χ4v) is 1.11. The van der Waals surface area contributed by atoms with E-state index in [4.69, 9.17) is 5.73 Å². The van der Waals surface area contributed by atoms with E-state index in [9.17, 15) is 22.0 Å². The van der Waals surface area contributed by atoms with Crippen molar-refractivity contribution in [2.24, 2.45) is 0 Å². The van der Waals surface area contributed by atoms with Crippen LogP contribution in [0.15, 0.2) is 6.07 Å². The number of nitrogens with one attached hydrogen (secondary N) is 1. The van der Waals surface area contributed by atoms with Gasteiger partial charge < -0.3 is 15.8 Å². The normalized spacial score (nSPS) is 12.3.